The highest BCUT2D eigenvalue weighted by Gasteiger charge is 2.40. The number of hydrogen-bond donors (Lipinski definition) is 0. The first kappa shape index (κ1) is 19.4. The lowest BCUT2D eigenvalue weighted by Gasteiger charge is -2.33. The summed E-state index contributed by atoms with van der Waals surface area (Å²) in [7, 11) is 3.33. The number of methoxy groups -OCH3 is 2. The number of nitrogens with zero attached hydrogens (tertiary/aromatic N) is 1. The molecular formula is C24H27NO4. The van der Waals surface area contributed by atoms with Crippen LogP contribution in [0.4, 0.5) is 4.79 Å². The van der Waals surface area contributed by atoms with Crippen molar-refractivity contribution in [2.45, 2.75) is 44.4 Å². The van der Waals surface area contributed by atoms with Crippen molar-refractivity contribution in [2.24, 2.45) is 0 Å². The Morgan fingerprint density at radius 3 is 2.38 bits per heavy atom. The molecule has 0 N–H and O–H groups in total. The van der Waals surface area contributed by atoms with Gasteiger partial charge in [0.15, 0.2) is 0 Å². The Hall–Kier alpha value is -2.95. The van der Waals surface area contributed by atoms with Crippen LogP contribution < -0.4 is 9.47 Å². The molecule has 2 aliphatic heterocycles. The Morgan fingerprint density at radius 1 is 1.00 bits per heavy atom. The quantitative estimate of drug-likeness (QED) is 0.665. The standard InChI is InChI=1S/C24H27NO4/c1-27-22-13-19(14-23(15-22)28-2)10-18-11-20-8-9-21(12-18)25(20)24(26)29-16-17-6-4-3-5-7-17/h3-7,11,13-15,20-21H,8-10,12,16H2,1-2H3. The molecule has 4 rings (SSSR count). The summed E-state index contributed by atoms with van der Waals surface area (Å²) >= 11 is 0. The van der Waals surface area contributed by atoms with E-state index in [4.69, 9.17) is 14.2 Å². The fourth-order valence-corrected chi connectivity index (χ4v) is 4.36. The first-order valence-electron chi connectivity index (χ1n) is 10.1. The third-order valence-electron chi connectivity index (χ3n) is 5.73. The normalized spacial score (nSPS) is 20.2. The van der Waals surface area contributed by atoms with E-state index in [1.54, 1.807) is 14.2 Å². The molecule has 1 saturated heterocycles. The van der Waals surface area contributed by atoms with Gasteiger partial charge in [0.2, 0.25) is 0 Å². The van der Waals surface area contributed by atoms with Crippen LogP contribution in [0.25, 0.3) is 0 Å². The second kappa shape index (κ2) is 8.60. The molecule has 1 amide bonds. The molecule has 0 spiro atoms. The lowest BCUT2D eigenvalue weighted by molar-refractivity contribution is 0.0816. The molecule has 5 heteroatoms. The zero-order chi connectivity index (χ0) is 20.2. The second-order valence-corrected chi connectivity index (χ2v) is 7.67. The van der Waals surface area contributed by atoms with E-state index >= 15 is 0 Å². The van der Waals surface area contributed by atoms with Gasteiger partial charge in [0.25, 0.3) is 0 Å². The van der Waals surface area contributed by atoms with Crippen molar-refractivity contribution in [3.8, 4) is 11.5 Å². The summed E-state index contributed by atoms with van der Waals surface area (Å²) in [4.78, 5) is 14.6. The molecule has 29 heavy (non-hydrogen) atoms. The van der Waals surface area contributed by atoms with Gasteiger partial charge >= 0.3 is 6.09 Å². The van der Waals surface area contributed by atoms with Crippen LogP contribution in [0.15, 0.2) is 60.2 Å². The molecule has 2 bridgehead atoms. The van der Waals surface area contributed by atoms with E-state index in [2.05, 4.69) is 6.08 Å². The molecule has 1 fully saturated rings. The number of ether oxygens (including phenoxy) is 3. The predicted molar refractivity (Wildman–Crippen MR) is 111 cm³/mol. The van der Waals surface area contributed by atoms with Crippen molar-refractivity contribution in [1.82, 2.24) is 4.90 Å². The zero-order valence-corrected chi connectivity index (χ0v) is 17.0. The summed E-state index contributed by atoms with van der Waals surface area (Å²) in [6, 6.07) is 16.1. The van der Waals surface area contributed by atoms with E-state index in [9.17, 15) is 4.79 Å². The molecule has 0 aromatic heterocycles. The maximum absolute atomic E-state index is 12.7. The fourth-order valence-electron chi connectivity index (χ4n) is 4.36. The molecule has 2 aliphatic rings. The van der Waals surface area contributed by atoms with Crippen LogP contribution in [0.5, 0.6) is 11.5 Å². The van der Waals surface area contributed by atoms with E-state index < -0.39 is 0 Å². The highest BCUT2D eigenvalue weighted by atomic mass is 16.6. The molecule has 2 aromatic rings. The number of rotatable bonds is 6. The van der Waals surface area contributed by atoms with E-state index in [0.29, 0.717) is 6.61 Å². The number of fused-ring (bicyclic) bond motifs is 2. The molecule has 0 radical (unpaired) electrons. The number of carbonyl (C=O) groups excluding carboxylic acids is 1. The minimum atomic E-state index is -0.209. The number of benzene rings is 2. The highest BCUT2D eigenvalue weighted by Crippen LogP contribution is 2.37. The summed E-state index contributed by atoms with van der Waals surface area (Å²) in [5.74, 6) is 1.59. The van der Waals surface area contributed by atoms with Crippen molar-refractivity contribution < 1.29 is 19.0 Å². The first-order valence-corrected chi connectivity index (χ1v) is 10.1. The van der Waals surface area contributed by atoms with Gasteiger partial charge in [-0.25, -0.2) is 4.79 Å². The Kier molecular flexibility index (Phi) is 5.74. The minimum absolute atomic E-state index is 0.125. The maximum atomic E-state index is 12.7. The maximum Gasteiger partial charge on any atom is 0.410 e. The van der Waals surface area contributed by atoms with Crippen LogP contribution in [0.1, 0.15) is 30.4 Å². The van der Waals surface area contributed by atoms with Crippen LogP contribution in [0.2, 0.25) is 0 Å². The van der Waals surface area contributed by atoms with Gasteiger partial charge in [-0.2, -0.15) is 0 Å². The Bertz CT molecular complexity index is 871. The van der Waals surface area contributed by atoms with Crippen LogP contribution in [-0.2, 0) is 17.8 Å². The van der Waals surface area contributed by atoms with Gasteiger partial charge in [-0.15, -0.1) is 0 Å². The van der Waals surface area contributed by atoms with E-state index in [0.717, 1.165) is 48.3 Å². The van der Waals surface area contributed by atoms with Gasteiger partial charge in [0, 0.05) is 12.1 Å². The predicted octanol–water partition coefficient (Wildman–Crippen LogP) is 4.75. The van der Waals surface area contributed by atoms with Crippen molar-refractivity contribution >= 4 is 6.09 Å². The molecule has 2 unspecified atom stereocenters. The van der Waals surface area contributed by atoms with E-state index in [-0.39, 0.29) is 18.2 Å². The van der Waals surface area contributed by atoms with Crippen LogP contribution in [0.3, 0.4) is 0 Å². The number of carbonyl (C=O) groups is 1. The molecular weight excluding hydrogens is 366 g/mol. The minimum Gasteiger partial charge on any atom is -0.497 e. The lowest BCUT2D eigenvalue weighted by Crippen LogP contribution is -2.43. The average molecular weight is 393 g/mol. The topological polar surface area (TPSA) is 48.0 Å². The summed E-state index contributed by atoms with van der Waals surface area (Å²) in [5, 5.41) is 0. The summed E-state index contributed by atoms with van der Waals surface area (Å²) < 4.78 is 16.4. The van der Waals surface area contributed by atoms with Crippen molar-refractivity contribution in [3.63, 3.8) is 0 Å². The summed E-state index contributed by atoms with van der Waals surface area (Å²) in [6.07, 6.45) is 5.78. The van der Waals surface area contributed by atoms with Crippen LogP contribution in [0, 0.1) is 0 Å². The van der Waals surface area contributed by atoms with E-state index in [1.165, 1.54) is 5.57 Å². The Balaban J connectivity index is 1.42. The second-order valence-electron chi connectivity index (χ2n) is 7.67. The van der Waals surface area contributed by atoms with Gasteiger partial charge in [0.1, 0.15) is 18.1 Å². The third kappa shape index (κ3) is 4.39. The molecule has 2 aromatic carbocycles. The first-order chi connectivity index (χ1) is 14.2. The van der Waals surface area contributed by atoms with Crippen molar-refractivity contribution in [2.75, 3.05) is 14.2 Å². The smallest absolute Gasteiger partial charge is 0.410 e. The summed E-state index contributed by atoms with van der Waals surface area (Å²) in [5.41, 5.74) is 3.53. The Morgan fingerprint density at radius 2 is 1.72 bits per heavy atom. The number of amides is 1. The lowest BCUT2D eigenvalue weighted by atomic mass is 9.95. The van der Waals surface area contributed by atoms with Gasteiger partial charge < -0.3 is 14.2 Å². The van der Waals surface area contributed by atoms with Crippen LogP contribution >= 0.6 is 0 Å². The molecule has 0 saturated carbocycles. The van der Waals surface area contributed by atoms with Crippen LogP contribution in [-0.4, -0.2) is 37.3 Å². The van der Waals surface area contributed by atoms with Crippen molar-refractivity contribution in [1.29, 1.82) is 0 Å². The van der Waals surface area contributed by atoms with Gasteiger partial charge in [-0.05, 0) is 48.9 Å². The SMILES string of the molecule is COc1cc(CC2=CC3CCC(C2)N3C(=O)OCc2ccccc2)cc(OC)c1. The van der Waals surface area contributed by atoms with Gasteiger partial charge in [0.05, 0.1) is 20.3 Å². The average Bonchev–Trinajstić information content (AvgIpc) is 3.03. The fraction of sp³-hybridized carbons (Fsp3) is 0.375. The molecule has 5 nitrogen and oxygen atoms in total. The Labute approximate surface area is 171 Å². The molecule has 2 atom stereocenters. The third-order valence-corrected chi connectivity index (χ3v) is 5.73. The highest BCUT2D eigenvalue weighted by molar-refractivity contribution is 5.70. The molecule has 152 valence electrons. The van der Waals surface area contributed by atoms with Crippen molar-refractivity contribution in [3.05, 3.63) is 71.3 Å². The van der Waals surface area contributed by atoms with E-state index in [1.807, 2.05) is 53.4 Å². The molecule has 0 aliphatic carbocycles. The largest absolute Gasteiger partial charge is 0.497 e. The monoisotopic (exact) mass is 393 g/mol. The number of hydrogen-bond acceptors (Lipinski definition) is 4. The zero-order valence-electron chi connectivity index (χ0n) is 17.0. The van der Waals surface area contributed by atoms with Gasteiger partial charge in [-0.3, -0.25) is 4.90 Å². The summed E-state index contributed by atoms with van der Waals surface area (Å²) in [6.45, 7) is 0.315. The molecule has 2 heterocycles. The van der Waals surface area contributed by atoms with Gasteiger partial charge in [-0.1, -0.05) is 42.0 Å².